The molecule has 1 nitrogen and oxygen atoms in total. The summed E-state index contributed by atoms with van der Waals surface area (Å²) in [7, 11) is 0. The van der Waals surface area contributed by atoms with E-state index in [0.717, 1.165) is 18.4 Å². The highest BCUT2D eigenvalue weighted by Gasteiger charge is 2.32. The third-order valence-electron chi connectivity index (χ3n) is 3.50. The third-order valence-corrected chi connectivity index (χ3v) is 3.50. The van der Waals surface area contributed by atoms with Gasteiger partial charge in [-0.2, -0.15) is 0 Å². The number of hydrogen-bond donors (Lipinski definition) is 1. The molecule has 2 N–H and O–H groups in total. The Balaban J connectivity index is 2.53. The molecule has 2 unspecified atom stereocenters. The zero-order chi connectivity index (χ0) is 9.19. The summed E-state index contributed by atoms with van der Waals surface area (Å²) in [5.41, 5.74) is 6.33. The average molecular weight is 169 g/mol. The van der Waals surface area contributed by atoms with Gasteiger partial charge in [-0.15, -0.1) is 0 Å². The van der Waals surface area contributed by atoms with E-state index in [9.17, 15) is 0 Å². The van der Waals surface area contributed by atoms with E-state index >= 15 is 0 Å². The van der Waals surface area contributed by atoms with Crippen molar-refractivity contribution in [3.8, 4) is 0 Å². The Morgan fingerprint density at radius 2 is 2.00 bits per heavy atom. The zero-order valence-corrected chi connectivity index (χ0v) is 8.77. The molecule has 0 aliphatic heterocycles. The summed E-state index contributed by atoms with van der Waals surface area (Å²) < 4.78 is 0. The molecule has 0 aromatic carbocycles. The summed E-state index contributed by atoms with van der Waals surface area (Å²) in [5.74, 6) is 1.70. The summed E-state index contributed by atoms with van der Waals surface area (Å²) in [4.78, 5) is 0. The van der Waals surface area contributed by atoms with Crippen LogP contribution in [0.3, 0.4) is 0 Å². The van der Waals surface area contributed by atoms with Crippen LogP contribution in [0.15, 0.2) is 0 Å². The number of nitrogens with two attached hydrogens (primary N) is 1. The maximum Gasteiger partial charge on any atom is -0.00462 e. The molecule has 1 heteroatoms. The summed E-state index contributed by atoms with van der Waals surface area (Å²) >= 11 is 0. The first kappa shape index (κ1) is 10.0. The average Bonchev–Trinajstić information content (AvgIpc) is 2.03. The minimum absolute atomic E-state index is 0.576. The van der Waals surface area contributed by atoms with E-state index in [1.807, 2.05) is 0 Å². The second-order valence-electron chi connectivity index (χ2n) is 5.07. The minimum atomic E-state index is 0.576. The molecule has 1 fully saturated rings. The molecule has 1 saturated carbocycles. The maximum atomic E-state index is 5.76. The summed E-state index contributed by atoms with van der Waals surface area (Å²) in [5, 5.41) is 0. The second-order valence-corrected chi connectivity index (χ2v) is 5.07. The van der Waals surface area contributed by atoms with E-state index in [1.165, 1.54) is 25.7 Å². The molecule has 1 rings (SSSR count). The number of rotatable bonds is 2. The fourth-order valence-corrected chi connectivity index (χ4v) is 2.58. The SMILES string of the molecule is CCC1CC(C)(C)CCC1CN. The fraction of sp³-hybridized carbons (Fsp3) is 1.00. The van der Waals surface area contributed by atoms with Crippen molar-refractivity contribution in [2.45, 2.75) is 46.5 Å². The van der Waals surface area contributed by atoms with Crippen molar-refractivity contribution in [2.75, 3.05) is 6.54 Å². The molecule has 0 heterocycles. The van der Waals surface area contributed by atoms with E-state index in [4.69, 9.17) is 5.73 Å². The monoisotopic (exact) mass is 169 g/mol. The van der Waals surface area contributed by atoms with Crippen LogP contribution in [0.4, 0.5) is 0 Å². The Morgan fingerprint density at radius 1 is 1.33 bits per heavy atom. The lowest BCUT2D eigenvalue weighted by atomic mass is 9.66. The Kier molecular flexibility index (Phi) is 3.16. The van der Waals surface area contributed by atoms with Crippen LogP contribution in [0.25, 0.3) is 0 Å². The molecule has 72 valence electrons. The maximum absolute atomic E-state index is 5.76. The summed E-state index contributed by atoms with van der Waals surface area (Å²) in [6.45, 7) is 7.98. The Labute approximate surface area is 76.7 Å². The predicted octanol–water partition coefficient (Wildman–Crippen LogP) is 2.80. The van der Waals surface area contributed by atoms with Crippen molar-refractivity contribution < 1.29 is 0 Å². The first-order valence-electron chi connectivity index (χ1n) is 5.29. The molecule has 0 aromatic heterocycles. The predicted molar refractivity (Wildman–Crippen MR) is 54.0 cm³/mol. The van der Waals surface area contributed by atoms with Gasteiger partial charge in [-0.1, -0.05) is 27.2 Å². The lowest BCUT2D eigenvalue weighted by Crippen LogP contribution is -2.33. The standard InChI is InChI=1S/C11H23N/c1-4-9-7-11(2,3)6-5-10(9)8-12/h9-10H,4-8,12H2,1-3H3. The van der Waals surface area contributed by atoms with Gasteiger partial charge in [-0.3, -0.25) is 0 Å². The van der Waals surface area contributed by atoms with Crippen LogP contribution >= 0.6 is 0 Å². The molecule has 0 radical (unpaired) electrons. The molecular weight excluding hydrogens is 146 g/mol. The normalized spacial score (nSPS) is 35.0. The van der Waals surface area contributed by atoms with Crippen LogP contribution in [0.2, 0.25) is 0 Å². The van der Waals surface area contributed by atoms with Gasteiger partial charge in [-0.05, 0) is 43.1 Å². The molecule has 0 spiro atoms. The fourth-order valence-electron chi connectivity index (χ4n) is 2.58. The van der Waals surface area contributed by atoms with Crippen LogP contribution in [0.1, 0.15) is 46.5 Å². The Hall–Kier alpha value is -0.0400. The van der Waals surface area contributed by atoms with Crippen LogP contribution in [0, 0.1) is 17.3 Å². The van der Waals surface area contributed by atoms with Crippen molar-refractivity contribution in [1.29, 1.82) is 0 Å². The van der Waals surface area contributed by atoms with Crippen LogP contribution in [-0.2, 0) is 0 Å². The van der Waals surface area contributed by atoms with Gasteiger partial charge in [0.15, 0.2) is 0 Å². The molecule has 12 heavy (non-hydrogen) atoms. The van der Waals surface area contributed by atoms with E-state index in [1.54, 1.807) is 0 Å². The molecule has 0 aromatic rings. The van der Waals surface area contributed by atoms with Crippen molar-refractivity contribution in [3.05, 3.63) is 0 Å². The van der Waals surface area contributed by atoms with Gasteiger partial charge in [0.05, 0.1) is 0 Å². The smallest absolute Gasteiger partial charge is 0.00462 e. The molecule has 2 atom stereocenters. The zero-order valence-electron chi connectivity index (χ0n) is 8.77. The molecule has 1 aliphatic rings. The lowest BCUT2D eigenvalue weighted by Gasteiger charge is -2.40. The van der Waals surface area contributed by atoms with Gasteiger partial charge in [0, 0.05) is 0 Å². The van der Waals surface area contributed by atoms with Gasteiger partial charge < -0.3 is 5.73 Å². The van der Waals surface area contributed by atoms with Gasteiger partial charge >= 0.3 is 0 Å². The van der Waals surface area contributed by atoms with Crippen molar-refractivity contribution in [2.24, 2.45) is 23.0 Å². The quantitative estimate of drug-likeness (QED) is 0.676. The Morgan fingerprint density at radius 3 is 2.50 bits per heavy atom. The van der Waals surface area contributed by atoms with Crippen molar-refractivity contribution in [1.82, 2.24) is 0 Å². The van der Waals surface area contributed by atoms with Crippen LogP contribution < -0.4 is 5.73 Å². The van der Waals surface area contributed by atoms with Crippen LogP contribution in [0.5, 0.6) is 0 Å². The first-order chi connectivity index (χ1) is 5.59. The first-order valence-corrected chi connectivity index (χ1v) is 5.29. The molecular formula is C11H23N. The minimum Gasteiger partial charge on any atom is -0.330 e. The van der Waals surface area contributed by atoms with E-state index in [2.05, 4.69) is 20.8 Å². The molecule has 1 aliphatic carbocycles. The molecule has 0 amide bonds. The van der Waals surface area contributed by atoms with Crippen molar-refractivity contribution in [3.63, 3.8) is 0 Å². The topological polar surface area (TPSA) is 26.0 Å². The van der Waals surface area contributed by atoms with Gasteiger partial charge in [-0.25, -0.2) is 0 Å². The van der Waals surface area contributed by atoms with Gasteiger partial charge in [0.1, 0.15) is 0 Å². The highest BCUT2D eigenvalue weighted by molar-refractivity contribution is 4.84. The van der Waals surface area contributed by atoms with E-state index < -0.39 is 0 Å². The Bertz CT molecular complexity index is 140. The summed E-state index contributed by atoms with van der Waals surface area (Å²) in [6.07, 6.45) is 5.41. The van der Waals surface area contributed by atoms with Gasteiger partial charge in [0.25, 0.3) is 0 Å². The lowest BCUT2D eigenvalue weighted by molar-refractivity contribution is 0.119. The van der Waals surface area contributed by atoms with E-state index in [0.29, 0.717) is 5.41 Å². The number of hydrogen-bond acceptors (Lipinski definition) is 1. The third kappa shape index (κ3) is 2.22. The highest BCUT2D eigenvalue weighted by Crippen LogP contribution is 2.42. The largest absolute Gasteiger partial charge is 0.330 e. The van der Waals surface area contributed by atoms with Crippen molar-refractivity contribution >= 4 is 0 Å². The molecule has 0 bridgehead atoms. The van der Waals surface area contributed by atoms with E-state index in [-0.39, 0.29) is 0 Å². The highest BCUT2D eigenvalue weighted by atomic mass is 14.6. The van der Waals surface area contributed by atoms with Gasteiger partial charge in [0.2, 0.25) is 0 Å². The summed E-state index contributed by atoms with van der Waals surface area (Å²) in [6, 6.07) is 0. The second kappa shape index (κ2) is 3.78. The van der Waals surface area contributed by atoms with Crippen LogP contribution in [-0.4, -0.2) is 6.54 Å². The molecule has 0 saturated heterocycles.